The van der Waals surface area contributed by atoms with Gasteiger partial charge in [0.05, 0.1) is 0 Å². The Morgan fingerprint density at radius 2 is 1.95 bits per heavy atom. The number of amides is 1. The van der Waals surface area contributed by atoms with Crippen molar-refractivity contribution in [2.75, 3.05) is 0 Å². The first-order chi connectivity index (χ1) is 9.58. The van der Waals surface area contributed by atoms with E-state index < -0.39 is 0 Å². The predicted octanol–water partition coefficient (Wildman–Crippen LogP) is 3.90. The number of carbonyl (C=O) groups is 1. The van der Waals surface area contributed by atoms with Crippen LogP contribution in [0.3, 0.4) is 0 Å². The summed E-state index contributed by atoms with van der Waals surface area (Å²) in [6, 6.07) is 11.9. The maximum absolute atomic E-state index is 12.0. The van der Waals surface area contributed by atoms with Gasteiger partial charge in [-0.1, -0.05) is 38.1 Å². The van der Waals surface area contributed by atoms with Gasteiger partial charge in [-0.05, 0) is 45.1 Å². The Balaban J connectivity index is 1.98. The molecule has 0 spiro atoms. The van der Waals surface area contributed by atoms with Crippen molar-refractivity contribution in [1.29, 1.82) is 0 Å². The molecule has 0 unspecified atom stereocenters. The van der Waals surface area contributed by atoms with Crippen LogP contribution in [0.5, 0.6) is 0 Å². The number of nitrogens with one attached hydrogen (secondary N) is 1. The number of halogens is 1. The Bertz CT molecular complexity index is 594. The van der Waals surface area contributed by atoms with Gasteiger partial charge in [0, 0.05) is 17.2 Å². The van der Waals surface area contributed by atoms with E-state index in [1.54, 1.807) is 18.3 Å². The Kier molecular flexibility index (Phi) is 4.90. The molecule has 2 aromatic rings. The SMILES string of the molecule is CC(C)c1ccc(CNC(=O)c2ncccc2Br)cc1. The third-order valence-electron chi connectivity index (χ3n) is 3.07. The van der Waals surface area contributed by atoms with Crippen LogP contribution in [-0.4, -0.2) is 10.9 Å². The molecule has 20 heavy (non-hydrogen) atoms. The van der Waals surface area contributed by atoms with Crippen LogP contribution in [0.15, 0.2) is 47.1 Å². The van der Waals surface area contributed by atoms with Crippen LogP contribution in [0.2, 0.25) is 0 Å². The minimum atomic E-state index is -0.176. The molecule has 3 nitrogen and oxygen atoms in total. The molecule has 0 atom stereocenters. The lowest BCUT2D eigenvalue weighted by atomic mass is 10.0. The molecular formula is C16H17BrN2O. The van der Waals surface area contributed by atoms with E-state index >= 15 is 0 Å². The largest absolute Gasteiger partial charge is 0.347 e. The first kappa shape index (κ1) is 14.7. The van der Waals surface area contributed by atoms with Gasteiger partial charge in [-0.3, -0.25) is 4.79 Å². The number of nitrogens with zero attached hydrogens (tertiary/aromatic N) is 1. The fraction of sp³-hybridized carbons (Fsp3) is 0.250. The van der Waals surface area contributed by atoms with Crippen LogP contribution in [0.4, 0.5) is 0 Å². The number of pyridine rings is 1. The van der Waals surface area contributed by atoms with Gasteiger partial charge in [0.25, 0.3) is 5.91 Å². The maximum Gasteiger partial charge on any atom is 0.271 e. The summed E-state index contributed by atoms with van der Waals surface area (Å²) in [4.78, 5) is 16.1. The Labute approximate surface area is 127 Å². The average Bonchev–Trinajstić information content (AvgIpc) is 2.45. The van der Waals surface area contributed by atoms with Crippen molar-refractivity contribution in [1.82, 2.24) is 10.3 Å². The molecule has 0 radical (unpaired) electrons. The summed E-state index contributed by atoms with van der Waals surface area (Å²) in [5.41, 5.74) is 2.79. The minimum absolute atomic E-state index is 0.176. The van der Waals surface area contributed by atoms with E-state index in [1.165, 1.54) is 5.56 Å². The fourth-order valence-electron chi connectivity index (χ4n) is 1.84. The molecule has 1 aromatic heterocycles. The van der Waals surface area contributed by atoms with Crippen molar-refractivity contribution >= 4 is 21.8 Å². The second-order valence-electron chi connectivity index (χ2n) is 4.91. The molecule has 1 aromatic carbocycles. The highest BCUT2D eigenvalue weighted by molar-refractivity contribution is 9.10. The molecule has 1 N–H and O–H groups in total. The quantitative estimate of drug-likeness (QED) is 0.922. The summed E-state index contributed by atoms with van der Waals surface area (Å²) >= 11 is 3.33. The molecule has 4 heteroatoms. The third-order valence-corrected chi connectivity index (χ3v) is 3.71. The van der Waals surface area contributed by atoms with Crippen molar-refractivity contribution in [3.05, 3.63) is 63.9 Å². The van der Waals surface area contributed by atoms with Crippen LogP contribution in [0.25, 0.3) is 0 Å². The van der Waals surface area contributed by atoms with Gasteiger partial charge in [0.2, 0.25) is 0 Å². The van der Waals surface area contributed by atoms with Crippen molar-refractivity contribution in [3.63, 3.8) is 0 Å². The summed E-state index contributed by atoms with van der Waals surface area (Å²) in [5, 5.41) is 2.87. The first-order valence-electron chi connectivity index (χ1n) is 6.55. The highest BCUT2D eigenvalue weighted by Crippen LogP contribution is 2.15. The van der Waals surface area contributed by atoms with Crippen molar-refractivity contribution in [3.8, 4) is 0 Å². The molecule has 0 saturated carbocycles. The molecular weight excluding hydrogens is 316 g/mol. The molecule has 1 amide bonds. The number of carbonyl (C=O) groups excluding carboxylic acids is 1. The van der Waals surface area contributed by atoms with E-state index in [-0.39, 0.29) is 5.91 Å². The van der Waals surface area contributed by atoms with Gasteiger partial charge in [-0.15, -0.1) is 0 Å². The molecule has 0 saturated heterocycles. The summed E-state index contributed by atoms with van der Waals surface area (Å²) < 4.78 is 0.702. The summed E-state index contributed by atoms with van der Waals surface area (Å²) in [5.74, 6) is 0.341. The molecule has 0 fully saturated rings. The number of benzene rings is 1. The van der Waals surface area contributed by atoms with Crippen LogP contribution in [0.1, 0.15) is 41.4 Å². The van der Waals surface area contributed by atoms with E-state index in [4.69, 9.17) is 0 Å². The number of rotatable bonds is 4. The van der Waals surface area contributed by atoms with Crippen molar-refractivity contribution in [2.45, 2.75) is 26.3 Å². The van der Waals surface area contributed by atoms with Gasteiger partial charge in [0.1, 0.15) is 5.69 Å². The summed E-state index contributed by atoms with van der Waals surface area (Å²) in [6.45, 7) is 4.82. The molecule has 1 heterocycles. The van der Waals surface area contributed by atoms with E-state index in [0.29, 0.717) is 22.6 Å². The molecule has 0 aliphatic heterocycles. The van der Waals surface area contributed by atoms with Gasteiger partial charge in [0.15, 0.2) is 0 Å². The monoisotopic (exact) mass is 332 g/mol. The van der Waals surface area contributed by atoms with Crippen molar-refractivity contribution < 1.29 is 4.79 Å². The minimum Gasteiger partial charge on any atom is -0.347 e. The summed E-state index contributed by atoms with van der Waals surface area (Å²) in [7, 11) is 0. The lowest BCUT2D eigenvalue weighted by molar-refractivity contribution is 0.0945. The highest BCUT2D eigenvalue weighted by atomic mass is 79.9. The molecule has 2 rings (SSSR count). The van der Waals surface area contributed by atoms with E-state index in [9.17, 15) is 4.79 Å². The standard InChI is InChI=1S/C16H17BrN2O/c1-11(2)13-7-5-12(6-8-13)10-19-16(20)15-14(17)4-3-9-18-15/h3-9,11H,10H2,1-2H3,(H,19,20). The lowest BCUT2D eigenvalue weighted by Crippen LogP contribution is -2.24. The van der Waals surface area contributed by atoms with E-state index in [1.807, 2.05) is 12.1 Å². The van der Waals surface area contributed by atoms with E-state index in [2.05, 4.69) is 52.2 Å². The smallest absolute Gasteiger partial charge is 0.271 e. The average molecular weight is 333 g/mol. The lowest BCUT2D eigenvalue weighted by Gasteiger charge is -2.08. The Hall–Kier alpha value is -1.68. The van der Waals surface area contributed by atoms with Gasteiger partial charge in [-0.25, -0.2) is 4.98 Å². The number of hydrogen-bond acceptors (Lipinski definition) is 2. The zero-order valence-corrected chi connectivity index (χ0v) is 13.1. The normalized spacial score (nSPS) is 10.6. The van der Waals surface area contributed by atoms with Crippen molar-refractivity contribution in [2.24, 2.45) is 0 Å². The fourth-order valence-corrected chi connectivity index (χ4v) is 2.27. The third kappa shape index (κ3) is 3.67. The van der Waals surface area contributed by atoms with Gasteiger partial charge in [-0.2, -0.15) is 0 Å². The molecule has 0 aliphatic rings. The van der Waals surface area contributed by atoms with Gasteiger partial charge < -0.3 is 5.32 Å². The number of hydrogen-bond donors (Lipinski definition) is 1. The Morgan fingerprint density at radius 1 is 1.25 bits per heavy atom. The zero-order valence-electron chi connectivity index (χ0n) is 11.6. The van der Waals surface area contributed by atoms with Gasteiger partial charge >= 0.3 is 0 Å². The second-order valence-corrected chi connectivity index (χ2v) is 5.77. The predicted molar refractivity (Wildman–Crippen MR) is 83.6 cm³/mol. The Morgan fingerprint density at radius 3 is 2.55 bits per heavy atom. The molecule has 104 valence electrons. The molecule has 0 bridgehead atoms. The summed E-state index contributed by atoms with van der Waals surface area (Å²) in [6.07, 6.45) is 1.61. The van der Waals surface area contributed by atoms with Crippen LogP contribution < -0.4 is 5.32 Å². The topological polar surface area (TPSA) is 42.0 Å². The second kappa shape index (κ2) is 6.66. The first-order valence-corrected chi connectivity index (χ1v) is 7.35. The maximum atomic E-state index is 12.0. The highest BCUT2D eigenvalue weighted by Gasteiger charge is 2.10. The van der Waals surface area contributed by atoms with Crippen LogP contribution in [-0.2, 0) is 6.54 Å². The number of aromatic nitrogens is 1. The van der Waals surface area contributed by atoms with Crippen LogP contribution >= 0.6 is 15.9 Å². The zero-order chi connectivity index (χ0) is 14.5. The van der Waals surface area contributed by atoms with E-state index in [0.717, 1.165) is 5.56 Å². The molecule has 0 aliphatic carbocycles. The van der Waals surface area contributed by atoms with Crippen LogP contribution in [0, 0.1) is 0 Å².